The second-order valence-electron chi connectivity index (χ2n) is 7.50. The van der Waals surface area contributed by atoms with E-state index < -0.39 is 17.7 Å². The van der Waals surface area contributed by atoms with Gasteiger partial charge >= 0.3 is 11.8 Å². The number of anilines is 2. The van der Waals surface area contributed by atoms with Crippen molar-refractivity contribution in [1.29, 1.82) is 0 Å². The Labute approximate surface area is 224 Å². The highest BCUT2D eigenvalue weighted by Crippen LogP contribution is 2.26. The quantitative estimate of drug-likeness (QED) is 0.238. The number of rotatable bonds is 6. The Balaban J connectivity index is 1.59. The van der Waals surface area contributed by atoms with Gasteiger partial charge in [0.05, 0.1) is 22.8 Å². The SMILES string of the molecule is CCOc1ccc(NC(=O)c2cc3cc(Br)ccc3n2NC(=O)C(=O)Nc2ccc(Cl)cc2Cl)cc1. The second kappa shape index (κ2) is 11.0. The summed E-state index contributed by atoms with van der Waals surface area (Å²) >= 11 is 15.4. The number of carbonyl (C=O) groups excluding carboxylic acids is 3. The number of hydrogen-bond donors (Lipinski definition) is 3. The fourth-order valence-corrected chi connectivity index (χ4v) is 4.23. The third-order valence-electron chi connectivity index (χ3n) is 5.02. The number of ether oxygens (including phenoxy) is 1. The first-order valence-electron chi connectivity index (χ1n) is 10.7. The number of nitrogens with one attached hydrogen (secondary N) is 3. The van der Waals surface area contributed by atoms with Gasteiger partial charge in [-0.1, -0.05) is 39.1 Å². The zero-order chi connectivity index (χ0) is 25.8. The number of halogens is 3. The van der Waals surface area contributed by atoms with Crippen LogP contribution in [0.25, 0.3) is 10.9 Å². The van der Waals surface area contributed by atoms with Crippen molar-refractivity contribution in [3.05, 3.63) is 86.9 Å². The molecule has 3 amide bonds. The number of benzene rings is 3. The zero-order valence-corrected chi connectivity index (χ0v) is 21.9. The molecule has 0 unspecified atom stereocenters. The van der Waals surface area contributed by atoms with E-state index in [1.165, 1.54) is 22.9 Å². The van der Waals surface area contributed by atoms with Crippen molar-refractivity contribution >= 4 is 79.1 Å². The van der Waals surface area contributed by atoms with E-state index in [-0.39, 0.29) is 16.4 Å². The molecule has 36 heavy (non-hydrogen) atoms. The van der Waals surface area contributed by atoms with Crippen LogP contribution in [0.1, 0.15) is 17.4 Å². The number of amides is 3. The number of fused-ring (bicyclic) bond motifs is 1. The molecule has 1 aromatic heterocycles. The summed E-state index contributed by atoms with van der Waals surface area (Å²) in [6, 6.07) is 18.2. The van der Waals surface area contributed by atoms with Crippen LogP contribution in [0, 0.1) is 0 Å². The molecule has 0 fully saturated rings. The number of aromatic nitrogens is 1. The lowest BCUT2D eigenvalue weighted by Gasteiger charge is -2.13. The fraction of sp³-hybridized carbons (Fsp3) is 0.0800. The summed E-state index contributed by atoms with van der Waals surface area (Å²) in [4.78, 5) is 38.5. The van der Waals surface area contributed by atoms with Gasteiger partial charge in [0.25, 0.3) is 5.91 Å². The topological polar surface area (TPSA) is 101 Å². The average molecular weight is 590 g/mol. The maximum atomic E-state index is 13.2. The minimum atomic E-state index is -1.00. The molecule has 0 bridgehead atoms. The first kappa shape index (κ1) is 25.6. The van der Waals surface area contributed by atoms with Crippen molar-refractivity contribution in [1.82, 2.24) is 4.68 Å². The molecule has 0 atom stereocenters. The Hall–Kier alpha value is -3.53. The molecule has 0 saturated heterocycles. The van der Waals surface area contributed by atoms with Crippen LogP contribution in [0.15, 0.2) is 71.2 Å². The monoisotopic (exact) mass is 588 g/mol. The highest BCUT2D eigenvalue weighted by atomic mass is 79.9. The van der Waals surface area contributed by atoms with Gasteiger partial charge in [-0.2, -0.15) is 0 Å². The van der Waals surface area contributed by atoms with Crippen molar-refractivity contribution in [3.63, 3.8) is 0 Å². The van der Waals surface area contributed by atoms with Gasteiger partial charge in [0.15, 0.2) is 0 Å². The standard InChI is InChI=1S/C25H19BrCl2N4O4/c1-2-36-18-7-5-17(6-8-18)29-23(33)22-12-14-11-15(26)3-10-21(14)32(22)31-25(35)24(34)30-20-9-4-16(27)13-19(20)28/h3-13H,2H2,1H3,(H,29,33)(H,30,34)(H,31,35). The lowest BCUT2D eigenvalue weighted by atomic mass is 10.2. The normalized spacial score (nSPS) is 10.7. The van der Waals surface area contributed by atoms with Gasteiger partial charge < -0.3 is 15.4 Å². The van der Waals surface area contributed by atoms with E-state index in [1.54, 1.807) is 48.5 Å². The van der Waals surface area contributed by atoms with E-state index in [9.17, 15) is 14.4 Å². The summed E-state index contributed by atoms with van der Waals surface area (Å²) in [5, 5.41) is 6.46. The van der Waals surface area contributed by atoms with Gasteiger partial charge in [0, 0.05) is 20.6 Å². The molecule has 8 nitrogen and oxygen atoms in total. The molecular formula is C25H19BrCl2N4O4. The Morgan fingerprint density at radius 1 is 0.917 bits per heavy atom. The van der Waals surface area contributed by atoms with Gasteiger partial charge in [-0.25, -0.2) is 4.68 Å². The number of nitrogens with zero attached hydrogens (tertiary/aromatic N) is 1. The zero-order valence-electron chi connectivity index (χ0n) is 18.8. The van der Waals surface area contributed by atoms with Crippen LogP contribution in [-0.4, -0.2) is 29.0 Å². The van der Waals surface area contributed by atoms with Crippen LogP contribution in [0.5, 0.6) is 5.75 Å². The van der Waals surface area contributed by atoms with Gasteiger partial charge in [-0.15, -0.1) is 0 Å². The van der Waals surface area contributed by atoms with Crippen LogP contribution < -0.4 is 20.8 Å². The van der Waals surface area contributed by atoms with Crippen molar-refractivity contribution in [2.45, 2.75) is 6.92 Å². The molecule has 0 aliphatic heterocycles. The predicted octanol–water partition coefficient (Wildman–Crippen LogP) is 6.07. The number of carbonyl (C=O) groups is 3. The maximum absolute atomic E-state index is 13.2. The predicted molar refractivity (Wildman–Crippen MR) is 145 cm³/mol. The molecule has 0 spiro atoms. The Morgan fingerprint density at radius 2 is 1.67 bits per heavy atom. The molecule has 11 heteroatoms. The molecule has 0 aliphatic carbocycles. The molecule has 1 heterocycles. The average Bonchev–Trinajstić information content (AvgIpc) is 3.19. The van der Waals surface area contributed by atoms with Gasteiger partial charge in [-0.05, 0) is 73.7 Å². The van der Waals surface area contributed by atoms with E-state index in [0.29, 0.717) is 34.0 Å². The van der Waals surface area contributed by atoms with Crippen molar-refractivity contribution in [2.75, 3.05) is 22.7 Å². The lowest BCUT2D eigenvalue weighted by Crippen LogP contribution is -2.36. The van der Waals surface area contributed by atoms with Crippen molar-refractivity contribution in [3.8, 4) is 5.75 Å². The summed E-state index contributed by atoms with van der Waals surface area (Å²) < 4.78 is 7.47. The van der Waals surface area contributed by atoms with Crippen LogP contribution >= 0.6 is 39.1 Å². The van der Waals surface area contributed by atoms with Gasteiger partial charge in [0.2, 0.25) is 0 Å². The molecule has 0 radical (unpaired) electrons. The molecule has 4 aromatic rings. The Bertz CT molecular complexity index is 1470. The molecule has 0 saturated carbocycles. The maximum Gasteiger partial charge on any atom is 0.328 e. The molecule has 184 valence electrons. The van der Waals surface area contributed by atoms with Gasteiger partial charge in [0.1, 0.15) is 11.4 Å². The highest BCUT2D eigenvalue weighted by Gasteiger charge is 2.22. The lowest BCUT2D eigenvalue weighted by molar-refractivity contribution is -0.133. The van der Waals surface area contributed by atoms with Crippen molar-refractivity contribution in [2.24, 2.45) is 0 Å². The molecule has 4 rings (SSSR count). The van der Waals surface area contributed by atoms with E-state index >= 15 is 0 Å². The summed E-state index contributed by atoms with van der Waals surface area (Å²) in [7, 11) is 0. The van der Waals surface area contributed by atoms with Gasteiger partial charge in [-0.3, -0.25) is 19.8 Å². The highest BCUT2D eigenvalue weighted by molar-refractivity contribution is 9.10. The fourth-order valence-electron chi connectivity index (χ4n) is 3.39. The third-order valence-corrected chi connectivity index (χ3v) is 6.06. The molecule has 3 aromatic carbocycles. The molecule has 0 aliphatic rings. The minimum Gasteiger partial charge on any atom is -0.494 e. The first-order chi connectivity index (χ1) is 17.2. The van der Waals surface area contributed by atoms with Crippen LogP contribution in [-0.2, 0) is 9.59 Å². The van der Waals surface area contributed by atoms with Crippen LogP contribution in [0.4, 0.5) is 11.4 Å². The summed E-state index contributed by atoms with van der Waals surface area (Å²) in [5.74, 6) is -1.80. The van der Waals surface area contributed by atoms with E-state index in [1.807, 2.05) is 6.92 Å². The largest absolute Gasteiger partial charge is 0.494 e. The van der Waals surface area contributed by atoms with Crippen molar-refractivity contribution < 1.29 is 19.1 Å². The molecular weight excluding hydrogens is 571 g/mol. The second-order valence-corrected chi connectivity index (χ2v) is 9.26. The Morgan fingerprint density at radius 3 is 2.36 bits per heavy atom. The summed E-state index contributed by atoms with van der Waals surface area (Å²) in [5.41, 5.74) is 3.87. The van der Waals surface area contributed by atoms with E-state index in [2.05, 4.69) is 32.0 Å². The first-order valence-corrected chi connectivity index (χ1v) is 12.2. The minimum absolute atomic E-state index is 0.114. The third kappa shape index (κ3) is 5.81. The van der Waals surface area contributed by atoms with E-state index in [0.717, 1.165) is 4.47 Å². The summed E-state index contributed by atoms with van der Waals surface area (Å²) in [6.45, 7) is 2.41. The smallest absolute Gasteiger partial charge is 0.328 e. The number of hydrogen-bond acceptors (Lipinski definition) is 4. The molecule has 3 N–H and O–H groups in total. The van der Waals surface area contributed by atoms with E-state index in [4.69, 9.17) is 27.9 Å². The summed E-state index contributed by atoms with van der Waals surface area (Å²) in [6.07, 6.45) is 0. The Kier molecular flexibility index (Phi) is 7.83. The van der Waals surface area contributed by atoms with Crippen LogP contribution in [0.2, 0.25) is 10.0 Å². The van der Waals surface area contributed by atoms with Crippen LogP contribution in [0.3, 0.4) is 0 Å².